The van der Waals surface area contributed by atoms with Crippen LogP contribution in [0.2, 0.25) is 0 Å². The third-order valence-corrected chi connectivity index (χ3v) is 3.33. The van der Waals surface area contributed by atoms with Crippen LogP contribution in [-0.4, -0.2) is 29.3 Å². The third kappa shape index (κ3) is 2.44. The van der Waals surface area contributed by atoms with E-state index in [-0.39, 0.29) is 0 Å². The van der Waals surface area contributed by atoms with Crippen LogP contribution in [0.1, 0.15) is 31.5 Å². The normalized spacial score (nSPS) is 19.9. The van der Waals surface area contributed by atoms with Gasteiger partial charge in [-0.25, -0.2) is 4.98 Å². The molecular weight excluding hydrogens is 202 g/mol. The van der Waals surface area contributed by atoms with E-state index in [1.54, 1.807) is 0 Å². The quantitative estimate of drug-likeness (QED) is 0.840. The Morgan fingerprint density at radius 2 is 2.31 bits per heavy atom. The fraction of sp³-hybridized carbons (Fsp3) is 0.750. The van der Waals surface area contributed by atoms with Crippen molar-refractivity contribution >= 4 is 0 Å². The van der Waals surface area contributed by atoms with Gasteiger partial charge in [-0.1, -0.05) is 6.92 Å². The molecule has 0 spiro atoms. The van der Waals surface area contributed by atoms with Crippen LogP contribution in [0.25, 0.3) is 0 Å². The molecular formula is C12H21N3O. The number of hydrogen-bond donors (Lipinski definition) is 1. The van der Waals surface area contributed by atoms with Crippen molar-refractivity contribution in [2.24, 2.45) is 13.0 Å². The molecule has 1 fully saturated rings. The lowest BCUT2D eigenvalue weighted by molar-refractivity contribution is 0.0529. The van der Waals surface area contributed by atoms with Gasteiger partial charge in [0, 0.05) is 26.5 Å². The van der Waals surface area contributed by atoms with Crippen LogP contribution in [0.5, 0.6) is 0 Å². The number of aromatic nitrogens is 2. The summed E-state index contributed by atoms with van der Waals surface area (Å²) in [7, 11) is 2.06. The molecule has 4 heteroatoms. The summed E-state index contributed by atoms with van der Waals surface area (Å²) in [5.74, 6) is 0.670. The minimum Gasteiger partial charge on any atom is -0.381 e. The van der Waals surface area contributed by atoms with Gasteiger partial charge in [-0.05, 0) is 25.3 Å². The van der Waals surface area contributed by atoms with Crippen molar-refractivity contribution < 1.29 is 4.74 Å². The van der Waals surface area contributed by atoms with Crippen LogP contribution in [0.15, 0.2) is 12.5 Å². The molecule has 1 aromatic heterocycles. The number of imidazole rings is 1. The smallest absolute Gasteiger partial charge is 0.0946 e. The molecule has 1 aliphatic rings. The lowest BCUT2D eigenvalue weighted by Gasteiger charge is -2.31. The predicted octanol–water partition coefficient (Wildman–Crippen LogP) is 1.50. The molecule has 1 saturated heterocycles. The summed E-state index contributed by atoms with van der Waals surface area (Å²) >= 11 is 0. The van der Waals surface area contributed by atoms with Crippen LogP contribution in [0.3, 0.4) is 0 Å². The average Bonchev–Trinajstić information content (AvgIpc) is 2.73. The van der Waals surface area contributed by atoms with Crippen LogP contribution < -0.4 is 5.32 Å². The van der Waals surface area contributed by atoms with Crippen molar-refractivity contribution in [3.63, 3.8) is 0 Å². The van der Waals surface area contributed by atoms with E-state index in [4.69, 9.17) is 4.74 Å². The first-order chi connectivity index (χ1) is 7.83. The number of ether oxygens (including phenoxy) is 1. The van der Waals surface area contributed by atoms with E-state index >= 15 is 0 Å². The summed E-state index contributed by atoms with van der Waals surface area (Å²) in [5, 5.41) is 3.58. The van der Waals surface area contributed by atoms with Crippen LogP contribution in [0, 0.1) is 5.92 Å². The molecule has 1 atom stereocenters. The van der Waals surface area contributed by atoms with E-state index in [0.29, 0.717) is 12.0 Å². The van der Waals surface area contributed by atoms with E-state index in [9.17, 15) is 0 Å². The first-order valence-electron chi connectivity index (χ1n) is 6.10. The molecule has 0 radical (unpaired) electrons. The molecule has 2 heterocycles. The monoisotopic (exact) mass is 223 g/mol. The molecule has 4 nitrogen and oxygen atoms in total. The molecule has 0 aromatic carbocycles. The van der Waals surface area contributed by atoms with E-state index < -0.39 is 0 Å². The Morgan fingerprint density at radius 1 is 1.56 bits per heavy atom. The van der Waals surface area contributed by atoms with Gasteiger partial charge in [-0.3, -0.25) is 0 Å². The van der Waals surface area contributed by atoms with Crippen molar-refractivity contribution in [2.45, 2.75) is 25.8 Å². The molecule has 2 rings (SSSR count). The van der Waals surface area contributed by atoms with Gasteiger partial charge in [0.2, 0.25) is 0 Å². The SMILES string of the molecule is CCNC(c1cncn1C)C1CCOCC1. The highest BCUT2D eigenvalue weighted by atomic mass is 16.5. The van der Waals surface area contributed by atoms with Gasteiger partial charge in [0.05, 0.1) is 18.1 Å². The highest BCUT2D eigenvalue weighted by molar-refractivity contribution is 5.07. The zero-order valence-electron chi connectivity index (χ0n) is 10.1. The van der Waals surface area contributed by atoms with Crippen molar-refractivity contribution in [3.8, 4) is 0 Å². The topological polar surface area (TPSA) is 39.1 Å². The fourth-order valence-corrected chi connectivity index (χ4v) is 2.45. The fourth-order valence-electron chi connectivity index (χ4n) is 2.45. The molecule has 0 bridgehead atoms. The van der Waals surface area contributed by atoms with Gasteiger partial charge in [0.15, 0.2) is 0 Å². The molecule has 1 unspecified atom stereocenters. The highest BCUT2D eigenvalue weighted by Gasteiger charge is 2.26. The summed E-state index contributed by atoms with van der Waals surface area (Å²) in [5.41, 5.74) is 1.29. The standard InChI is InChI=1S/C12H21N3O/c1-3-14-12(10-4-6-16-7-5-10)11-8-13-9-15(11)2/h8-10,12,14H,3-7H2,1-2H3. The maximum atomic E-state index is 5.43. The maximum Gasteiger partial charge on any atom is 0.0946 e. The van der Waals surface area contributed by atoms with Crippen LogP contribution in [0.4, 0.5) is 0 Å². The number of hydrogen-bond acceptors (Lipinski definition) is 3. The Balaban J connectivity index is 2.12. The highest BCUT2D eigenvalue weighted by Crippen LogP contribution is 2.29. The lowest BCUT2D eigenvalue weighted by atomic mass is 9.90. The third-order valence-electron chi connectivity index (χ3n) is 3.33. The summed E-state index contributed by atoms with van der Waals surface area (Å²) in [6.07, 6.45) is 6.13. The van der Waals surface area contributed by atoms with Crippen LogP contribution >= 0.6 is 0 Å². The first-order valence-corrected chi connectivity index (χ1v) is 6.10. The van der Waals surface area contributed by atoms with Crippen molar-refractivity contribution in [1.82, 2.24) is 14.9 Å². The van der Waals surface area contributed by atoms with Crippen molar-refractivity contribution in [2.75, 3.05) is 19.8 Å². The molecule has 16 heavy (non-hydrogen) atoms. The van der Waals surface area contributed by atoms with E-state index in [1.165, 1.54) is 5.69 Å². The Hall–Kier alpha value is -0.870. The van der Waals surface area contributed by atoms with Crippen molar-refractivity contribution in [3.05, 3.63) is 18.2 Å². The Bertz CT molecular complexity index is 318. The molecule has 1 aromatic rings. The number of nitrogens with one attached hydrogen (secondary N) is 1. The molecule has 1 N–H and O–H groups in total. The number of aryl methyl sites for hydroxylation is 1. The minimum atomic E-state index is 0.418. The van der Waals surface area contributed by atoms with Gasteiger partial charge < -0.3 is 14.6 Å². The summed E-state index contributed by atoms with van der Waals surface area (Å²) in [6.45, 7) is 4.94. The first kappa shape index (κ1) is 11.6. The van der Waals surface area contributed by atoms with Gasteiger partial charge in [-0.2, -0.15) is 0 Å². The zero-order chi connectivity index (χ0) is 11.4. The second-order valence-electron chi connectivity index (χ2n) is 4.41. The summed E-state index contributed by atoms with van der Waals surface area (Å²) in [6, 6.07) is 0.418. The number of rotatable bonds is 4. The number of nitrogens with zero attached hydrogens (tertiary/aromatic N) is 2. The van der Waals surface area contributed by atoms with Gasteiger partial charge in [0.25, 0.3) is 0 Å². The average molecular weight is 223 g/mol. The molecule has 0 aliphatic carbocycles. The van der Waals surface area contributed by atoms with E-state index in [0.717, 1.165) is 32.6 Å². The molecule has 0 saturated carbocycles. The second kappa shape index (κ2) is 5.46. The predicted molar refractivity (Wildman–Crippen MR) is 63.2 cm³/mol. The molecule has 0 amide bonds. The summed E-state index contributed by atoms with van der Waals surface area (Å²) < 4.78 is 7.54. The van der Waals surface area contributed by atoms with Gasteiger partial charge in [0.1, 0.15) is 0 Å². The zero-order valence-corrected chi connectivity index (χ0v) is 10.1. The molecule has 1 aliphatic heterocycles. The lowest BCUT2D eigenvalue weighted by Crippen LogP contribution is -2.33. The molecule has 90 valence electrons. The van der Waals surface area contributed by atoms with E-state index in [2.05, 4.69) is 28.8 Å². The second-order valence-corrected chi connectivity index (χ2v) is 4.41. The van der Waals surface area contributed by atoms with Crippen LogP contribution in [-0.2, 0) is 11.8 Å². The Kier molecular flexibility index (Phi) is 3.96. The van der Waals surface area contributed by atoms with Gasteiger partial charge in [-0.15, -0.1) is 0 Å². The van der Waals surface area contributed by atoms with Gasteiger partial charge >= 0.3 is 0 Å². The van der Waals surface area contributed by atoms with Crippen molar-refractivity contribution in [1.29, 1.82) is 0 Å². The van der Waals surface area contributed by atoms with E-state index in [1.807, 2.05) is 12.5 Å². The Morgan fingerprint density at radius 3 is 2.88 bits per heavy atom. The largest absolute Gasteiger partial charge is 0.381 e. The maximum absolute atomic E-state index is 5.43. The Labute approximate surface area is 97.0 Å². The minimum absolute atomic E-state index is 0.418. The summed E-state index contributed by atoms with van der Waals surface area (Å²) in [4.78, 5) is 4.21.